The van der Waals surface area contributed by atoms with Crippen LogP contribution in [0.25, 0.3) is 27.4 Å². The maximum Gasteiger partial charge on any atom is 0.455 e. The fourth-order valence-electron chi connectivity index (χ4n) is 4.96. The number of carbonyl (C=O) groups excluding carboxylic acids is 1. The van der Waals surface area contributed by atoms with Crippen LogP contribution in [0, 0.1) is 5.92 Å². The Labute approximate surface area is 193 Å². The first kappa shape index (κ1) is 22.2. The third-order valence-electron chi connectivity index (χ3n) is 6.66. The zero-order chi connectivity index (χ0) is 24.2. The van der Waals surface area contributed by atoms with E-state index in [9.17, 15) is 27.9 Å². The first-order valence-corrected chi connectivity index (χ1v) is 11.2. The molecular weight excluding hydrogens is 443 g/mol. The third kappa shape index (κ3) is 3.56. The molecule has 1 fully saturated rings. The molecule has 4 aromatic rings. The highest BCUT2D eigenvalue weighted by molar-refractivity contribution is 6.14. The number of ketones is 1. The van der Waals surface area contributed by atoms with Crippen molar-refractivity contribution in [1.82, 2.24) is 4.57 Å². The number of nitrogens with zero attached hydrogens (tertiary/aromatic N) is 1. The standard InChI is InChI=1S/C27H22F3NO3/c1-2-6-16-13-19(16)17-10-9-15-11-12-21-22(20(15)14-17)24(32)23(25(33)27(28,29)30)26(34)31(21)18-7-4-3-5-8-18/h3-5,7-12,14,16,19,32H,2,6,13H2,1H3. The summed E-state index contributed by atoms with van der Waals surface area (Å²) in [5.74, 6) is -2.37. The topological polar surface area (TPSA) is 59.3 Å². The molecule has 0 bridgehead atoms. The number of aromatic nitrogens is 1. The van der Waals surface area contributed by atoms with Crippen molar-refractivity contribution in [3.8, 4) is 11.4 Å². The molecule has 4 nitrogen and oxygen atoms in total. The quantitative estimate of drug-likeness (QED) is 0.270. The van der Waals surface area contributed by atoms with Crippen LogP contribution in [-0.2, 0) is 0 Å². The summed E-state index contributed by atoms with van der Waals surface area (Å²) in [7, 11) is 0. The number of Topliss-reactive ketones (excluding diaryl/α,β-unsaturated/α-hetero) is 1. The van der Waals surface area contributed by atoms with Crippen molar-refractivity contribution in [2.24, 2.45) is 5.92 Å². The fraction of sp³-hybridized carbons (Fsp3) is 0.259. The lowest BCUT2D eigenvalue weighted by Crippen LogP contribution is -2.33. The minimum Gasteiger partial charge on any atom is -0.506 e. The van der Waals surface area contributed by atoms with E-state index in [2.05, 4.69) is 6.92 Å². The number of rotatable bonds is 5. The molecule has 0 saturated heterocycles. The van der Waals surface area contributed by atoms with Crippen LogP contribution in [0.2, 0.25) is 0 Å². The van der Waals surface area contributed by atoms with Gasteiger partial charge in [0.25, 0.3) is 11.3 Å². The van der Waals surface area contributed by atoms with Gasteiger partial charge in [-0.2, -0.15) is 13.2 Å². The summed E-state index contributed by atoms with van der Waals surface area (Å²) in [5.41, 5.74) is -0.900. The average molecular weight is 465 g/mol. The van der Waals surface area contributed by atoms with E-state index in [0.717, 1.165) is 29.4 Å². The number of pyridine rings is 1. The summed E-state index contributed by atoms with van der Waals surface area (Å²) in [4.78, 5) is 25.5. The fourth-order valence-corrected chi connectivity index (χ4v) is 4.96. The van der Waals surface area contributed by atoms with E-state index in [4.69, 9.17) is 0 Å². The molecule has 0 amide bonds. The summed E-state index contributed by atoms with van der Waals surface area (Å²) in [6.45, 7) is 2.13. The highest BCUT2D eigenvalue weighted by Crippen LogP contribution is 2.51. The summed E-state index contributed by atoms with van der Waals surface area (Å²) in [6, 6.07) is 17.2. The second-order valence-electron chi connectivity index (χ2n) is 8.86. The molecule has 1 aliphatic rings. The minimum absolute atomic E-state index is 0.0584. The Morgan fingerprint density at radius 2 is 1.79 bits per heavy atom. The van der Waals surface area contributed by atoms with Crippen LogP contribution in [0.3, 0.4) is 0 Å². The second-order valence-corrected chi connectivity index (χ2v) is 8.86. The Morgan fingerprint density at radius 3 is 2.47 bits per heavy atom. The maximum atomic E-state index is 13.4. The van der Waals surface area contributed by atoms with Crippen molar-refractivity contribution in [2.45, 2.75) is 38.3 Å². The molecule has 0 radical (unpaired) electrons. The van der Waals surface area contributed by atoms with Gasteiger partial charge in [0, 0.05) is 11.1 Å². The highest BCUT2D eigenvalue weighted by atomic mass is 19.4. The molecule has 1 heterocycles. The first-order valence-electron chi connectivity index (χ1n) is 11.2. The van der Waals surface area contributed by atoms with Gasteiger partial charge in [0.1, 0.15) is 11.3 Å². The molecule has 7 heteroatoms. The van der Waals surface area contributed by atoms with Gasteiger partial charge in [-0.3, -0.25) is 14.2 Å². The van der Waals surface area contributed by atoms with E-state index in [1.54, 1.807) is 42.5 Å². The Balaban J connectivity index is 1.87. The smallest absolute Gasteiger partial charge is 0.455 e. The van der Waals surface area contributed by atoms with Crippen LogP contribution in [0.4, 0.5) is 13.2 Å². The molecule has 1 aromatic heterocycles. The van der Waals surface area contributed by atoms with Crippen molar-refractivity contribution >= 4 is 27.5 Å². The number of benzene rings is 3. The van der Waals surface area contributed by atoms with Gasteiger partial charge in [-0.1, -0.05) is 62.2 Å². The number of carbonyl (C=O) groups is 1. The van der Waals surface area contributed by atoms with Crippen LogP contribution < -0.4 is 5.56 Å². The van der Waals surface area contributed by atoms with Crippen molar-refractivity contribution in [2.75, 3.05) is 0 Å². The van der Waals surface area contributed by atoms with E-state index < -0.39 is 28.8 Å². The summed E-state index contributed by atoms with van der Waals surface area (Å²) < 4.78 is 41.4. The van der Waals surface area contributed by atoms with Crippen LogP contribution >= 0.6 is 0 Å². The van der Waals surface area contributed by atoms with Gasteiger partial charge >= 0.3 is 6.18 Å². The lowest BCUT2D eigenvalue weighted by molar-refractivity contribution is -0.0887. The van der Waals surface area contributed by atoms with Gasteiger partial charge < -0.3 is 5.11 Å². The van der Waals surface area contributed by atoms with Crippen LogP contribution in [0.15, 0.2) is 65.5 Å². The Kier molecular flexibility index (Phi) is 5.23. The average Bonchev–Trinajstić information content (AvgIpc) is 3.58. The van der Waals surface area contributed by atoms with E-state index in [1.165, 1.54) is 0 Å². The molecule has 1 aliphatic carbocycles. The molecule has 1 saturated carbocycles. The Hall–Kier alpha value is -3.61. The zero-order valence-corrected chi connectivity index (χ0v) is 18.4. The number of hydrogen-bond acceptors (Lipinski definition) is 3. The summed E-state index contributed by atoms with van der Waals surface area (Å²) in [5, 5.41) is 12.2. The van der Waals surface area contributed by atoms with Crippen LogP contribution in [0.1, 0.15) is 48.0 Å². The number of hydrogen-bond donors (Lipinski definition) is 1. The van der Waals surface area contributed by atoms with Crippen molar-refractivity contribution in [3.05, 3.63) is 82.1 Å². The van der Waals surface area contributed by atoms with Crippen molar-refractivity contribution in [1.29, 1.82) is 0 Å². The molecule has 174 valence electrons. The van der Waals surface area contributed by atoms with Crippen molar-refractivity contribution in [3.63, 3.8) is 0 Å². The lowest BCUT2D eigenvalue weighted by atomic mass is 9.96. The Bertz CT molecular complexity index is 1490. The molecule has 2 unspecified atom stereocenters. The molecule has 3 aromatic carbocycles. The molecule has 2 atom stereocenters. The molecule has 0 aliphatic heterocycles. The van der Waals surface area contributed by atoms with Gasteiger partial charge in [-0.05, 0) is 52.8 Å². The van der Waals surface area contributed by atoms with Gasteiger partial charge in [0.15, 0.2) is 0 Å². The number of aromatic hydroxyl groups is 1. The maximum absolute atomic E-state index is 13.4. The SMILES string of the molecule is CCCC1CC1c1ccc2ccc3c(c(O)c(C(=O)C(F)(F)F)c(=O)n3-c3ccccc3)c2c1. The molecule has 5 rings (SSSR count). The van der Waals surface area contributed by atoms with Gasteiger partial charge in [-0.25, -0.2) is 0 Å². The largest absolute Gasteiger partial charge is 0.506 e. The predicted molar refractivity (Wildman–Crippen MR) is 125 cm³/mol. The number of alkyl halides is 3. The first-order chi connectivity index (χ1) is 16.2. The molecular formula is C27H22F3NO3. The predicted octanol–water partition coefficient (Wildman–Crippen LogP) is 6.50. The molecule has 1 N–H and O–H groups in total. The third-order valence-corrected chi connectivity index (χ3v) is 6.66. The van der Waals surface area contributed by atoms with E-state index in [1.807, 2.05) is 18.2 Å². The zero-order valence-electron chi connectivity index (χ0n) is 18.4. The van der Waals surface area contributed by atoms with Crippen molar-refractivity contribution < 1.29 is 23.1 Å². The normalized spacial score (nSPS) is 17.9. The molecule has 34 heavy (non-hydrogen) atoms. The number of halogens is 3. The summed E-state index contributed by atoms with van der Waals surface area (Å²) >= 11 is 0. The van der Waals surface area contributed by atoms with Crippen LogP contribution in [0.5, 0.6) is 5.75 Å². The summed E-state index contributed by atoms with van der Waals surface area (Å²) in [6.07, 6.45) is -2.09. The minimum atomic E-state index is -5.31. The highest BCUT2D eigenvalue weighted by Gasteiger charge is 2.43. The van der Waals surface area contributed by atoms with Gasteiger partial charge in [0.2, 0.25) is 0 Å². The number of para-hydroxylation sites is 1. The number of fused-ring (bicyclic) bond motifs is 3. The second kappa shape index (κ2) is 8.01. The lowest BCUT2D eigenvalue weighted by Gasteiger charge is -2.17. The van der Waals surface area contributed by atoms with Gasteiger partial charge in [0.05, 0.1) is 5.52 Å². The monoisotopic (exact) mass is 465 g/mol. The van der Waals surface area contributed by atoms with E-state index in [-0.39, 0.29) is 10.9 Å². The van der Waals surface area contributed by atoms with Gasteiger partial charge in [-0.15, -0.1) is 0 Å². The van der Waals surface area contributed by atoms with Crippen LogP contribution in [-0.4, -0.2) is 21.6 Å². The Morgan fingerprint density at radius 1 is 1.09 bits per heavy atom. The van der Waals surface area contributed by atoms with E-state index in [0.29, 0.717) is 28.3 Å². The molecule has 0 spiro atoms. The van der Waals surface area contributed by atoms with E-state index >= 15 is 0 Å².